The Kier molecular flexibility index (Phi) is 4.69. The predicted molar refractivity (Wildman–Crippen MR) is 80.3 cm³/mol. The van der Waals surface area contributed by atoms with Crippen molar-refractivity contribution in [2.45, 2.75) is 32.7 Å². The van der Waals surface area contributed by atoms with E-state index in [0.29, 0.717) is 0 Å². The fraction of sp³-hybridized carbons (Fsp3) is 0.353. The number of hydrogen-bond acceptors (Lipinski definition) is 2. The predicted octanol–water partition coefficient (Wildman–Crippen LogP) is 3.46. The van der Waals surface area contributed by atoms with Crippen LogP contribution >= 0.6 is 0 Å². The quantitative estimate of drug-likeness (QED) is 0.884. The number of aryl methyl sites for hydroxylation is 2. The number of pyridine rings is 1. The van der Waals surface area contributed by atoms with E-state index in [-0.39, 0.29) is 6.04 Å². The summed E-state index contributed by atoms with van der Waals surface area (Å²) in [6.45, 7) is 4.30. The molecule has 0 fully saturated rings. The summed E-state index contributed by atoms with van der Waals surface area (Å²) in [5.74, 6) is 0. The van der Waals surface area contributed by atoms with E-state index in [1.54, 1.807) is 0 Å². The molecule has 2 aromatic rings. The van der Waals surface area contributed by atoms with Gasteiger partial charge in [-0.05, 0) is 44.0 Å². The fourth-order valence-electron chi connectivity index (χ4n) is 2.36. The molecule has 0 radical (unpaired) electrons. The molecule has 0 amide bonds. The average molecular weight is 254 g/mol. The van der Waals surface area contributed by atoms with Gasteiger partial charge in [0.25, 0.3) is 0 Å². The topological polar surface area (TPSA) is 24.9 Å². The molecule has 1 unspecified atom stereocenters. The van der Waals surface area contributed by atoms with E-state index in [1.165, 1.54) is 22.4 Å². The van der Waals surface area contributed by atoms with Gasteiger partial charge in [-0.3, -0.25) is 4.98 Å². The van der Waals surface area contributed by atoms with E-state index < -0.39 is 0 Å². The Balaban J connectivity index is 2.22. The number of aromatic nitrogens is 1. The summed E-state index contributed by atoms with van der Waals surface area (Å²) in [6.07, 6.45) is 3.88. The Morgan fingerprint density at radius 1 is 1.16 bits per heavy atom. The Morgan fingerprint density at radius 2 is 1.89 bits per heavy atom. The normalized spacial score (nSPS) is 12.4. The minimum Gasteiger partial charge on any atom is -0.311 e. The highest BCUT2D eigenvalue weighted by atomic mass is 14.9. The van der Waals surface area contributed by atoms with Gasteiger partial charge in [0.05, 0.1) is 11.7 Å². The fourth-order valence-corrected chi connectivity index (χ4v) is 2.36. The molecule has 1 atom stereocenters. The van der Waals surface area contributed by atoms with Gasteiger partial charge in [-0.1, -0.05) is 42.8 Å². The molecule has 0 saturated heterocycles. The van der Waals surface area contributed by atoms with Crippen molar-refractivity contribution in [1.82, 2.24) is 10.3 Å². The molecule has 2 rings (SSSR count). The van der Waals surface area contributed by atoms with Crippen LogP contribution in [0.15, 0.2) is 42.6 Å². The highest BCUT2D eigenvalue weighted by molar-refractivity contribution is 5.27. The van der Waals surface area contributed by atoms with Crippen molar-refractivity contribution < 1.29 is 0 Å². The van der Waals surface area contributed by atoms with Crippen LogP contribution in [0.25, 0.3) is 0 Å². The summed E-state index contributed by atoms with van der Waals surface area (Å²) < 4.78 is 0. The van der Waals surface area contributed by atoms with Crippen LogP contribution in [0, 0.1) is 6.92 Å². The zero-order valence-corrected chi connectivity index (χ0v) is 12.0. The van der Waals surface area contributed by atoms with Gasteiger partial charge in [-0.25, -0.2) is 0 Å². The molecular formula is C17H22N2. The van der Waals surface area contributed by atoms with Crippen LogP contribution in [0.3, 0.4) is 0 Å². The molecule has 2 heteroatoms. The first kappa shape index (κ1) is 13.8. The van der Waals surface area contributed by atoms with Gasteiger partial charge in [0.15, 0.2) is 0 Å². The van der Waals surface area contributed by atoms with Gasteiger partial charge < -0.3 is 5.32 Å². The SMILES string of the molecule is CCc1cccnc1C(Cc1ccc(C)cc1)NC. The van der Waals surface area contributed by atoms with Crippen LogP contribution in [0.2, 0.25) is 0 Å². The van der Waals surface area contributed by atoms with Crippen molar-refractivity contribution >= 4 is 0 Å². The van der Waals surface area contributed by atoms with Crippen molar-refractivity contribution in [2.24, 2.45) is 0 Å². The molecule has 2 nitrogen and oxygen atoms in total. The molecule has 0 aliphatic heterocycles. The largest absolute Gasteiger partial charge is 0.311 e. The molecule has 1 heterocycles. The van der Waals surface area contributed by atoms with Crippen LogP contribution < -0.4 is 5.32 Å². The van der Waals surface area contributed by atoms with E-state index >= 15 is 0 Å². The van der Waals surface area contributed by atoms with Gasteiger partial charge in [0.2, 0.25) is 0 Å². The zero-order chi connectivity index (χ0) is 13.7. The first-order valence-corrected chi connectivity index (χ1v) is 6.91. The third-order valence-electron chi connectivity index (χ3n) is 3.55. The van der Waals surface area contributed by atoms with Crippen LogP contribution in [0.4, 0.5) is 0 Å². The summed E-state index contributed by atoms with van der Waals surface area (Å²) in [4.78, 5) is 4.57. The maximum absolute atomic E-state index is 4.57. The van der Waals surface area contributed by atoms with Crippen molar-refractivity contribution in [3.05, 3.63) is 65.0 Å². The Bertz CT molecular complexity index is 517. The van der Waals surface area contributed by atoms with Gasteiger partial charge >= 0.3 is 0 Å². The van der Waals surface area contributed by atoms with Gasteiger partial charge in [-0.15, -0.1) is 0 Å². The molecule has 0 bridgehead atoms. The highest BCUT2D eigenvalue weighted by Gasteiger charge is 2.14. The summed E-state index contributed by atoms with van der Waals surface area (Å²) in [5, 5.41) is 3.39. The maximum atomic E-state index is 4.57. The molecule has 1 N–H and O–H groups in total. The molecule has 0 aliphatic rings. The third-order valence-corrected chi connectivity index (χ3v) is 3.55. The van der Waals surface area contributed by atoms with E-state index in [2.05, 4.69) is 54.5 Å². The van der Waals surface area contributed by atoms with E-state index in [9.17, 15) is 0 Å². The number of benzene rings is 1. The minimum absolute atomic E-state index is 0.277. The molecule has 100 valence electrons. The first-order chi connectivity index (χ1) is 9.24. The summed E-state index contributed by atoms with van der Waals surface area (Å²) in [7, 11) is 2.01. The van der Waals surface area contributed by atoms with E-state index in [0.717, 1.165) is 12.8 Å². The number of nitrogens with one attached hydrogen (secondary N) is 1. The van der Waals surface area contributed by atoms with Crippen LogP contribution in [0.5, 0.6) is 0 Å². The highest BCUT2D eigenvalue weighted by Crippen LogP contribution is 2.20. The molecule has 0 aliphatic carbocycles. The minimum atomic E-state index is 0.277. The summed E-state index contributed by atoms with van der Waals surface area (Å²) >= 11 is 0. The molecule has 1 aromatic heterocycles. The molecule has 0 saturated carbocycles. The van der Waals surface area contributed by atoms with Gasteiger partial charge in [0.1, 0.15) is 0 Å². The lowest BCUT2D eigenvalue weighted by molar-refractivity contribution is 0.570. The van der Waals surface area contributed by atoms with Crippen molar-refractivity contribution in [3.63, 3.8) is 0 Å². The second kappa shape index (κ2) is 6.48. The van der Waals surface area contributed by atoms with Gasteiger partial charge in [0, 0.05) is 6.20 Å². The second-order valence-corrected chi connectivity index (χ2v) is 4.93. The standard InChI is InChI=1S/C17H22N2/c1-4-15-6-5-11-19-17(15)16(18-3)12-14-9-7-13(2)8-10-14/h5-11,16,18H,4,12H2,1-3H3. The van der Waals surface area contributed by atoms with Crippen molar-refractivity contribution in [3.8, 4) is 0 Å². The number of rotatable bonds is 5. The second-order valence-electron chi connectivity index (χ2n) is 4.93. The maximum Gasteiger partial charge on any atom is 0.0608 e. The molecule has 0 spiro atoms. The summed E-state index contributed by atoms with van der Waals surface area (Å²) in [5.41, 5.74) is 5.15. The first-order valence-electron chi connectivity index (χ1n) is 6.91. The Hall–Kier alpha value is -1.67. The van der Waals surface area contributed by atoms with Crippen LogP contribution in [-0.4, -0.2) is 12.0 Å². The number of likely N-dealkylation sites (N-methyl/N-ethyl adjacent to an activating group) is 1. The number of hydrogen-bond donors (Lipinski definition) is 1. The zero-order valence-electron chi connectivity index (χ0n) is 12.0. The third kappa shape index (κ3) is 3.42. The average Bonchev–Trinajstić information content (AvgIpc) is 2.46. The lowest BCUT2D eigenvalue weighted by Crippen LogP contribution is -2.21. The summed E-state index contributed by atoms with van der Waals surface area (Å²) in [6, 6.07) is 13.2. The lowest BCUT2D eigenvalue weighted by Gasteiger charge is -2.18. The Morgan fingerprint density at radius 3 is 2.53 bits per heavy atom. The smallest absolute Gasteiger partial charge is 0.0608 e. The van der Waals surface area contributed by atoms with E-state index in [4.69, 9.17) is 0 Å². The molecular weight excluding hydrogens is 232 g/mol. The molecule has 19 heavy (non-hydrogen) atoms. The lowest BCUT2D eigenvalue weighted by atomic mass is 9.98. The van der Waals surface area contributed by atoms with E-state index in [1.807, 2.05) is 19.3 Å². The van der Waals surface area contributed by atoms with Crippen LogP contribution in [-0.2, 0) is 12.8 Å². The number of nitrogens with zero attached hydrogens (tertiary/aromatic N) is 1. The van der Waals surface area contributed by atoms with Gasteiger partial charge in [-0.2, -0.15) is 0 Å². The van der Waals surface area contributed by atoms with Crippen molar-refractivity contribution in [1.29, 1.82) is 0 Å². The van der Waals surface area contributed by atoms with Crippen LogP contribution in [0.1, 0.15) is 35.3 Å². The Labute approximate surface area is 115 Å². The van der Waals surface area contributed by atoms with Crippen molar-refractivity contribution in [2.75, 3.05) is 7.05 Å². The monoisotopic (exact) mass is 254 g/mol. The molecule has 1 aromatic carbocycles.